The van der Waals surface area contributed by atoms with Crippen molar-refractivity contribution in [3.05, 3.63) is 45.9 Å². The average molecular weight is 371 g/mol. The Hall–Kier alpha value is -1.88. The van der Waals surface area contributed by atoms with Crippen LogP contribution in [0.1, 0.15) is 53.7 Å². The fraction of sp³-hybridized carbons (Fsp3) is 0.524. The molecule has 1 aromatic carbocycles. The number of hydrogen-bond acceptors (Lipinski definition) is 4. The summed E-state index contributed by atoms with van der Waals surface area (Å²) in [5.41, 5.74) is 1.72. The number of carbonyl (C=O) groups is 1. The van der Waals surface area contributed by atoms with Crippen molar-refractivity contribution in [3.8, 4) is 5.75 Å². The Kier molecular flexibility index (Phi) is 4.98. The first kappa shape index (κ1) is 17.5. The van der Waals surface area contributed by atoms with Crippen LogP contribution in [0.5, 0.6) is 5.75 Å². The second kappa shape index (κ2) is 7.39. The molecule has 0 aliphatic heterocycles. The highest BCUT2D eigenvalue weighted by atomic mass is 32.1. The maximum Gasteiger partial charge on any atom is 0.270 e. The molecule has 4 rings (SSSR count). The first-order valence-corrected chi connectivity index (χ1v) is 10.4. The van der Waals surface area contributed by atoms with Crippen molar-refractivity contribution in [1.82, 2.24) is 10.3 Å². The topological polar surface area (TPSA) is 51.2 Å². The number of fused-ring (bicyclic) bond motifs is 2. The average Bonchev–Trinajstić information content (AvgIpc) is 3.39. The van der Waals surface area contributed by atoms with Crippen LogP contribution in [-0.2, 0) is 6.42 Å². The number of thiazole rings is 1. The fourth-order valence-electron chi connectivity index (χ4n) is 4.71. The summed E-state index contributed by atoms with van der Waals surface area (Å²) >= 11 is 1.55. The van der Waals surface area contributed by atoms with E-state index in [9.17, 15) is 4.79 Å². The van der Waals surface area contributed by atoms with Gasteiger partial charge in [-0.25, -0.2) is 4.98 Å². The zero-order valence-electron chi connectivity index (χ0n) is 15.4. The van der Waals surface area contributed by atoms with Gasteiger partial charge in [-0.05, 0) is 61.6 Å². The van der Waals surface area contributed by atoms with E-state index in [2.05, 4.69) is 17.2 Å². The second-order valence-corrected chi connectivity index (χ2v) is 8.69. The zero-order valence-corrected chi connectivity index (χ0v) is 16.2. The van der Waals surface area contributed by atoms with Crippen LogP contribution in [-0.4, -0.2) is 24.0 Å². The molecular weight excluding hydrogens is 344 g/mol. The Morgan fingerprint density at radius 1 is 1.31 bits per heavy atom. The van der Waals surface area contributed by atoms with Crippen LogP contribution in [0.2, 0.25) is 0 Å². The summed E-state index contributed by atoms with van der Waals surface area (Å²) in [4.78, 5) is 17.1. The molecule has 4 atom stereocenters. The molecule has 0 saturated heterocycles. The van der Waals surface area contributed by atoms with E-state index in [1.807, 2.05) is 29.6 Å². The Balaban J connectivity index is 1.35. The molecule has 2 fully saturated rings. The van der Waals surface area contributed by atoms with Crippen molar-refractivity contribution in [2.75, 3.05) is 7.11 Å². The lowest BCUT2D eigenvalue weighted by Crippen LogP contribution is -2.40. The van der Waals surface area contributed by atoms with Crippen molar-refractivity contribution >= 4 is 17.2 Å². The molecular formula is C21H26N2O2S. The molecule has 2 bridgehead atoms. The van der Waals surface area contributed by atoms with Crippen LogP contribution in [0.25, 0.3) is 0 Å². The van der Waals surface area contributed by atoms with E-state index in [0.29, 0.717) is 11.6 Å². The molecule has 5 heteroatoms. The van der Waals surface area contributed by atoms with Crippen molar-refractivity contribution in [2.24, 2.45) is 17.8 Å². The number of aromatic nitrogens is 1. The van der Waals surface area contributed by atoms with E-state index in [0.717, 1.165) is 29.0 Å². The second-order valence-electron chi connectivity index (χ2n) is 7.75. The number of nitrogens with zero attached hydrogens (tertiary/aromatic N) is 1. The third-order valence-electron chi connectivity index (χ3n) is 6.09. The molecule has 1 amide bonds. The standard InChI is InChI=1S/C21H26N2O2S/c1-13(18-10-15-3-6-16(18)9-15)22-21(24)19-12-26-20(23-19)11-14-4-7-17(25-2)8-5-14/h4-5,7-8,12-13,15-16,18H,3,6,9-11H2,1-2H3,(H,22,24). The predicted octanol–water partition coefficient (Wildman–Crippen LogP) is 4.30. The summed E-state index contributed by atoms with van der Waals surface area (Å²) in [6.45, 7) is 2.16. The van der Waals surface area contributed by atoms with E-state index in [4.69, 9.17) is 4.74 Å². The minimum atomic E-state index is -0.0301. The SMILES string of the molecule is COc1ccc(Cc2nc(C(=O)NC(C)C3CC4CCC3C4)cs2)cc1. The number of rotatable bonds is 6. The highest BCUT2D eigenvalue weighted by Gasteiger charge is 2.42. The van der Waals surface area contributed by atoms with Crippen LogP contribution in [0.15, 0.2) is 29.6 Å². The van der Waals surface area contributed by atoms with Crippen molar-refractivity contribution in [3.63, 3.8) is 0 Å². The summed E-state index contributed by atoms with van der Waals surface area (Å²) in [7, 11) is 1.67. The highest BCUT2D eigenvalue weighted by molar-refractivity contribution is 7.09. The molecule has 0 spiro atoms. The predicted molar refractivity (Wildman–Crippen MR) is 104 cm³/mol. The molecule has 138 valence electrons. The van der Waals surface area contributed by atoms with Gasteiger partial charge in [0.2, 0.25) is 0 Å². The third kappa shape index (κ3) is 3.63. The molecule has 2 aromatic rings. The molecule has 2 saturated carbocycles. The van der Waals surface area contributed by atoms with E-state index < -0.39 is 0 Å². The summed E-state index contributed by atoms with van der Waals surface area (Å²) < 4.78 is 5.19. The molecule has 2 aliphatic carbocycles. The number of hydrogen-bond donors (Lipinski definition) is 1. The zero-order chi connectivity index (χ0) is 18.1. The van der Waals surface area contributed by atoms with Gasteiger partial charge in [0.15, 0.2) is 0 Å². The van der Waals surface area contributed by atoms with Gasteiger partial charge in [-0.15, -0.1) is 11.3 Å². The third-order valence-corrected chi connectivity index (χ3v) is 6.94. The molecule has 4 nitrogen and oxygen atoms in total. The van der Waals surface area contributed by atoms with Crippen molar-refractivity contribution in [1.29, 1.82) is 0 Å². The lowest BCUT2D eigenvalue weighted by atomic mass is 9.84. The van der Waals surface area contributed by atoms with Crippen LogP contribution in [0.4, 0.5) is 0 Å². The molecule has 1 N–H and O–H groups in total. The maximum atomic E-state index is 12.6. The maximum absolute atomic E-state index is 12.6. The lowest BCUT2D eigenvalue weighted by molar-refractivity contribution is 0.0910. The Labute approximate surface area is 159 Å². The number of benzene rings is 1. The first-order valence-electron chi connectivity index (χ1n) is 9.50. The van der Waals surface area contributed by atoms with Crippen molar-refractivity contribution < 1.29 is 9.53 Å². The monoisotopic (exact) mass is 370 g/mol. The molecule has 4 unspecified atom stereocenters. The van der Waals surface area contributed by atoms with E-state index in [1.165, 1.54) is 31.2 Å². The minimum Gasteiger partial charge on any atom is -0.497 e. The van der Waals surface area contributed by atoms with Gasteiger partial charge in [0, 0.05) is 17.8 Å². The van der Waals surface area contributed by atoms with Crippen LogP contribution in [0, 0.1) is 17.8 Å². The number of amides is 1. The molecule has 2 aliphatic rings. The summed E-state index contributed by atoms with van der Waals surface area (Å²) in [6, 6.07) is 8.22. The summed E-state index contributed by atoms with van der Waals surface area (Å²) in [6.07, 6.45) is 6.13. The minimum absolute atomic E-state index is 0.0301. The summed E-state index contributed by atoms with van der Waals surface area (Å²) in [5, 5.41) is 6.05. The summed E-state index contributed by atoms with van der Waals surface area (Å²) in [5.74, 6) is 3.19. The number of ether oxygens (including phenoxy) is 1. The van der Waals surface area contributed by atoms with Gasteiger partial charge in [0.25, 0.3) is 5.91 Å². The smallest absolute Gasteiger partial charge is 0.270 e. The number of nitrogens with one attached hydrogen (secondary N) is 1. The molecule has 0 radical (unpaired) electrons. The van der Waals surface area contributed by atoms with Gasteiger partial charge in [-0.2, -0.15) is 0 Å². The van der Waals surface area contributed by atoms with Crippen LogP contribution < -0.4 is 10.1 Å². The Bertz CT molecular complexity index is 771. The van der Waals surface area contributed by atoms with Crippen LogP contribution >= 0.6 is 11.3 Å². The van der Waals surface area contributed by atoms with Crippen molar-refractivity contribution in [2.45, 2.75) is 45.1 Å². The van der Waals surface area contributed by atoms with E-state index in [1.54, 1.807) is 18.4 Å². The fourth-order valence-corrected chi connectivity index (χ4v) is 5.52. The van der Waals surface area contributed by atoms with Crippen LogP contribution in [0.3, 0.4) is 0 Å². The lowest BCUT2D eigenvalue weighted by Gasteiger charge is -2.28. The van der Waals surface area contributed by atoms with Gasteiger partial charge < -0.3 is 10.1 Å². The number of methoxy groups -OCH3 is 1. The first-order chi connectivity index (χ1) is 12.6. The number of carbonyl (C=O) groups excluding carboxylic acids is 1. The van der Waals surface area contributed by atoms with E-state index >= 15 is 0 Å². The highest BCUT2D eigenvalue weighted by Crippen LogP contribution is 2.49. The Morgan fingerprint density at radius 3 is 2.77 bits per heavy atom. The van der Waals surface area contributed by atoms with Gasteiger partial charge in [0.1, 0.15) is 11.4 Å². The molecule has 26 heavy (non-hydrogen) atoms. The molecule has 1 heterocycles. The normalized spacial score (nSPS) is 25.2. The van der Waals surface area contributed by atoms with Gasteiger partial charge in [-0.3, -0.25) is 4.79 Å². The Morgan fingerprint density at radius 2 is 2.12 bits per heavy atom. The van der Waals surface area contributed by atoms with Gasteiger partial charge in [-0.1, -0.05) is 18.6 Å². The largest absolute Gasteiger partial charge is 0.497 e. The van der Waals surface area contributed by atoms with Gasteiger partial charge >= 0.3 is 0 Å². The quantitative estimate of drug-likeness (QED) is 0.825. The molecule has 1 aromatic heterocycles. The van der Waals surface area contributed by atoms with Gasteiger partial charge in [0.05, 0.1) is 12.1 Å². The van der Waals surface area contributed by atoms with E-state index in [-0.39, 0.29) is 11.9 Å².